The van der Waals surface area contributed by atoms with Crippen molar-refractivity contribution in [1.29, 1.82) is 0 Å². The number of amides is 4. The second-order valence-corrected chi connectivity index (χ2v) is 9.93. The van der Waals surface area contributed by atoms with E-state index in [0.717, 1.165) is 25.3 Å². The minimum Gasteiger partial charge on any atom is -0.322 e. The Morgan fingerprint density at radius 2 is 1.82 bits per heavy atom. The summed E-state index contributed by atoms with van der Waals surface area (Å²) in [6.45, 7) is 1.52. The van der Waals surface area contributed by atoms with Crippen LogP contribution in [0.25, 0.3) is 0 Å². The van der Waals surface area contributed by atoms with E-state index in [1.807, 2.05) is 0 Å². The summed E-state index contributed by atoms with van der Waals surface area (Å²) in [6, 6.07) is 8.36. The van der Waals surface area contributed by atoms with E-state index >= 15 is 0 Å². The zero-order valence-corrected chi connectivity index (χ0v) is 18.7. The van der Waals surface area contributed by atoms with Gasteiger partial charge < -0.3 is 5.32 Å². The van der Waals surface area contributed by atoms with Crippen molar-refractivity contribution in [2.75, 3.05) is 4.72 Å². The molecule has 0 aromatic heterocycles. The monoisotopic (exact) mass is 474 g/mol. The Labute approximate surface area is 190 Å². The molecule has 0 radical (unpaired) electrons. The molecular formula is C22H23FN4O5S. The standard InChI is InChI=1S/C22H23FN4O5S/c1-14-8-9-17(13-18(14)23)33(31,32)26-16-7-5-6-15(12-16)19(28)25-27-20(29)22(24-21(27)30)10-3-2-4-11-22/h5-9,12-13,26H,2-4,10-11H2,1H3,(H,24,30)(H,25,28). The van der Waals surface area contributed by atoms with Crippen molar-refractivity contribution in [2.45, 2.75) is 49.5 Å². The molecule has 1 saturated carbocycles. The van der Waals surface area contributed by atoms with Crippen LogP contribution in [0.5, 0.6) is 0 Å². The van der Waals surface area contributed by atoms with E-state index in [9.17, 15) is 27.2 Å². The van der Waals surface area contributed by atoms with E-state index in [1.165, 1.54) is 43.3 Å². The summed E-state index contributed by atoms with van der Waals surface area (Å²) >= 11 is 0. The molecule has 0 unspecified atom stereocenters. The van der Waals surface area contributed by atoms with E-state index in [0.29, 0.717) is 23.4 Å². The molecule has 1 aliphatic carbocycles. The maximum absolute atomic E-state index is 13.8. The largest absolute Gasteiger partial charge is 0.344 e. The first kappa shape index (κ1) is 22.7. The summed E-state index contributed by atoms with van der Waals surface area (Å²) in [7, 11) is -4.10. The smallest absolute Gasteiger partial charge is 0.322 e. The predicted octanol–water partition coefficient (Wildman–Crippen LogP) is 2.83. The van der Waals surface area contributed by atoms with Crippen LogP contribution in [0, 0.1) is 12.7 Å². The van der Waals surface area contributed by atoms with Gasteiger partial charge in [0.2, 0.25) is 0 Å². The summed E-state index contributed by atoms with van der Waals surface area (Å²) in [5, 5.41) is 3.38. The number of anilines is 1. The number of nitrogens with zero attached hydrogens (tertiary/aromatic N) is 1. The van der Waals surface area contributed by atoms with Crippen molar-refractivity contribution in [2.24, 2.45) is 0 Å². The third-order valence-corrected chi connectivity index (χ3v) is 7.29. The molecule has 1 spiro atoms. The highest BCUT2D eigenvalue weighted by Crippen LogP contribution is 2.33. The SMILES string of the molecule is Cc1ccc(S(=O)(=O)Nc2cccc(C(=O)NN3C(=O)NC4(CCCCC4)C3=O)c2)cc1F. The fraction of sp³-hybridized carbons (Fsp3) is 0.318. The summed E-state index contributed by atoms with van der Waals surface area (Å²) in [6.07, 6.45) is 3.62. The first-order valence-electron chi connectivity index (χ1n) is 10.5. The number of sulfonamides is 1. The number of imide groups is 1. The van der Waals surface area contributed by atoms with Crippen LogP contribution in [-0.4, -0.2) is 36.8 Å². The first-order chi connectivity index (χ1) is 15.6. The number of hydrogen-bond acceptors (Lipinski definition) is 5. The van der Waals surface area contributed by atoms with Gasteiger partial charge in [-0.3, -0.25) is 19.7 Å². The normalized spacial score (nSPS) is 17.7. The predicted molar refractivity (Wildman–Crippen MR) is 117 cm³/mol. The molecule has 2 aliphatic rings. The van der Waals surface area contributed by atoms with Crippen molar-refractivity contribution < 1.29 is 27.2 Å². The maximum atomic E-state index is 13.8. The second-order valence-electron chi connectivity index (χ2n) is 8.25. The lowest BCUT2D eigenvalue weighted by molar-refractivity contribution is -0.134. The van der Waals surface area contributed by atoms with Crippen LogP contribution >= 0.6 is 0 Å². The van der Waals surface area contributed by atoms with Crippen molar-refractivity contribution in [3.63, 3.8) is 0 Å². The molecule has 1 heterocycles. The fourth-order valence-electron chi connectivity index (χ4n) is 4.06. The number of carbonyl (C=O) groups excluding carboxylic acids is 3. The molecule has 0 atom stereocenters. The van der Waals surface area contributed by atoms with Crippen molar-refractivity contribution in [3.8, 4) is 0 Å². The number of benzene rings is 2. The Bertz CT molecular complexity index is 1240. The Balaban J connectivity index is 1.49. The highest BCUT2D eigenvalue weighted by atomic mass is 32.2. The quantitative estimate of drug-likeness (QED) is 0.575. The molecule has 1 aliphatic heterocycles. The lowest BCUT2D eigenvalue weighted by atomic mass is 9.82. The van der Waals surface area contributed by atoms with Crippen LogP contribution in [0.4, 0.5) is 14.9 Å². The Morgan fingerprint density at radius 1 is 1.09 bits per heavy atom. The van der Waals surface area contributed by atoms with Gasteiger partial charge in [0.1, 0.15) is 11.4 Å². The zero-order chi connectivity index (χ0) is 23.8. The van der Waals surface area contributed by atoms with Gasteiger partial charge in [-0.25, -0.2) is 17.6 Å². The van der Waals surface area contributed by atoms with Crippen molar-refractivity contribution >= 4 is 33.6 Å². The molecule has 174 valence electrons. The van der Waals surface area contributed by atoms with E-state index in [1.54, 1.807) is 0 Å². The van der Waals surface area contributed by atoms with Gasteiger partial charge in [-0.1, -0.05) is 31.4 Å². The minimum absolute atomic E-state index is 0.0236. The maximum Gasteiger partial charge on any atom is 0.344 e. The van der Waals surface area contributed by atoms with Crippen molar-refractivity contribution in [3.05, 3.63) is 59.4 Å². The molecule has 2 fully saturated rings. The van der Waals surface area contributed by atoms with Crippen LogP contribution in [0.15, 0.2) is 47.4 Å². The number of nitrogens with one attached hydrogen (secondary N) is 3. The van der Waals surface area contributed by atoms with Gasteiger partial charge in [0.15, 0.2) is 0 Å². The highest BCUT2D eigenvalue weighted by molar-refractivity contribution is 7.92. The topological polar surface area (TPSA) is 125 Å². The van der Waals surface area contributed by atoms with E-state index in [2.05, 4.69) is 15.5 Å². The van der Waals surface area contributed by atoms with Crippen LogP contribution in [0.1, 0.15) is 48.0 Å². The van der Waals surface area contributed by atoms with Gasteiger partial charge in [0.05, 0.1) is 4.90 Å². The minimum atomic E-state index is -4.10. The summed E-state index contributed by atoms with van der Waals surface area (Å²) < 4.78 is 41.3. The van der Waals surface area contributed by atoms with Crippen LogP contribution in [0.3, 0.4) is 0 Å². The third-order valence-electron chi connectivity index (χ3n) is 5.91. The molecule has 1 saturated heterocycles. The number of halogens is 1. The third kappa shape index (κ3) is 4.40. The average Bonchev–Trinajstić information content (AvgIpc) is 2.99. The zero-order valence-electron chi connectivity index (χ0n) is 17.9. The van der Waals surface area contributed by atoms with E-state index < -0.39 is 39.2 Å². The van der Waals surface area contributed by atoms with Gasteiger partial charge >= 0.3 is 6.03 Å². The summed E-state index contributed by atoms with van der Waals surface area (Å²) in [5.74, 6) is -1.91. The number of urea groups is 1. The van der Waals surface area contributed by atoms with Crippen LogP contribution < -0.4 is 15.5 Å². The molecule has 2 aromatic carbocycles. The summed E-state index contributed by atoms with van der Waals surface area (Å²) in [5.41, 5.74) is 1.72. The summed E-state index contributed by atoms with van der Waals surface area (Å²) in [4.78, 5) is 37.6. The lowest BCUT2D eigenvalue weighted by Gasteiger charge is -2.30. The van der Waals surface area contributed by atoms with Crippen molar-refractivity contribution in [1.82, 2.24) is 15.8 Å². The van der Waals surface area contributed by atoms with E-state index in [-0.39, 0.29) is 16.1 Å². The van der Waals surface area contributed by atoms with Gasteiger partial charge in [-0.2, -0.15) is 5.01 Å². The molecule has 4 rings (SSSR count). The highest BCUT2D eigenvalue weighted by Gasteiger charge is 2.52. The molecule has 9 nitrogen and oxygen atoms in total. The number of hydrogen-bond donors (Lipinski definition) is 3. The molecule has 3 N–H and O–H groups in total. The number of aryl methyl sites for hydroxylation is 1. The van der Waals surface area contributed by atoms with Crippen LogP contribution in [-0.2, 0) is 14.8 Å². The van der Waals surface area contributed by atoms with Gasteiger partial charge in [0, 0.05) is 11.3 Å². The van der Waals surface area contributed by atoms with E-state index in [4.69, 9.17) is 0 Å². The van der Waals surface area contributed by atoms with Crippen LogP contribution in [0.2, 0.25) is 0 Å². The molecule has 11 heteroatoms. The lowest BCUT2D eigenvalue weighted by Crippen LogP contribution is -2.50. The molecule has 4 amide bonds. The van der Waals surface area contributed by atoms with Gasteiger partial charge in [-0.15, -0.1) is 0 Å². The Hall–Kier alpha value is -3.47. The second kappa shape index (κ2) is 8.47. The first-order valence-corrected chi connectivity index (χ1v) is 12.0. The molecule has 33 heavy (non-hydrogen) atoms. The Morgan fingerprint density at radius 3 is 2.52 bits per heavy atom. The number of carbonyl (C=O) groups is 3. The molecular weight excluding hydrogens is 451 g/mol. The fourth-order valence-corrected chi connectivity index (χ4v) is 5.12. The van der Waals surface area contributed by atoms with Gasteiger partial charge in [0.25, 0.3) is 21.8 Å². The number of rotatable bonds is 5. The molecule has 0 bridgehead atoms. The number of hydrazine groups is 1. The Kier molecular flexibility index (Phi) is 5.83. The van der Waals surface area contributed by atoms with Gasteiger partial charge in [-0.05, 0) is 55.7 Å². The molecule has 2 aromatic rings. The average molecular weight is 475 g/mol.